The predicted molar refractivity (Wildman–Crippen MR) is 90.0 cm³/mol. The van der Waals surface area contributed by atoms with Crippen LogP contribution in [0.5, 0.6) is 0 Å². The minimum Gasteiger partial charge on any atom is -0.465 e. The van der Waals surface area contributed by atoms with Crippen molar-refractivity contribution in [3.05, 3.63) is 29.8 Å². The number of carbonyl (C=O) groups is 2. The van der Waals surface area contributed by atoms with Gasteiger partial charge in [-0.05, 0) is 36.6 Å². The summed E-state index contributed by atoms with van der Waals surface area (Å²) in [4.78, 5) is 24.9. The van der Waals surface area contributed by atoms with Gasteiger partial charge >= 0.3 is 5.97 Å². The molecule has 0 unspecified atom stereocenters. The minimum atomic E-state index is -3.88. The lowest BCUT2D eigenvalue weighted by Gasteiger charge is -2.23. The van der Waals surface area contributed by atoms with Gasteiger partial charge in [0.1, 0.15) is 6.04 Å². The fraction of sp³-hybridized carbons (Fsp3) is 0.500. The number of hydrogen-bond donors (Lipinski definition) is 1. The van der Waals surface area contributed by atoms with Crippen LogP contribution in [0.4, 0.5) is 0 Å². The Labute approximate surface area is 143 Å². The van der Waals surface area contributed by atoms with E-state index in [4.69, 9.17) is 0 Å². The van der Waals surface area contributed by atoms with Crippen molar-refractivity contribution in [2.75, 3.05) is 21.2 Å². The third kappa shape index (κ3) is 5.31. The van der Waals surface area contributed by atoms with E-state index in [2.05, 4.69) is 9.46 Å². The van der Waals surface area contributed by atoms with E-state index in [0.29, 0.717) is 6.42 Å². The Morgan fingerprint density at radius 3 is 2.12 bits per heavy atom. The van der Waals surface area contributed by atoms with Gasteiger partial charge in [-0.15, -0.1) is 0 Å². The largest absolute Gasteiger partial charge is 0.465 e. The van der Waals surface area contributed by atoms with Crippen molar-refractivity contribution < 1.29 is 22.7 Å². The number of methoxy groups -OCH3 is 1. The zero-order chi connectivity index (χ0) is 18.5. The Hall–Kier alpha value is -1.93. The van der Waals surface area contributed by atoms with Gasteiger partial charge in [0.15, 0.2) is 0 Å². The number of sulfonamides is 1. The van der Waals surface area contributed by atoms with Crippen molar-refractivity contribution in [2.24, 2.45) is 5.92 Å². The highest BCUT2D eigenvalue weighted by atomic mass is 32.2. The van der Waals surface area contributed by atoms with E-state index >= 15 is 0 Å². The maximum atomic E-state index is 12.5. The van der Waals surface area contributed by atoms with Gasteiger partial charge < -0.3 is 9.64 Å². The molecule has 1 rings (SSSR count). The number of amides is 1. The Morgan fingerprint density at radius 1 is 1.17 bits per heavy atom. The topological polar surface area (TPSA) is 92.8 Å². The minimum absolute atomic E-state index is 0.0181. The van der Waals surface area contributed by atoms with E-state index < -0.39 is 22.0 Å². The molecule has 24 heavy (non-hydrogen) atoms. The van der Waals surface area contributed by atoms with E-state index in [9.17, 15) is 18.0 Å². The number of nitrogens with one attached hydrogen (secondary N) is 1. The predicted octanol–water partition coefficient (Wildman–Crippen LogP) is 1.25. The summed E-state index contributed by atoms with van der Waals surface area (Å²) in [5.41, 5.74) is 0.250. The quantitative estimate of drug-likeness (QED) is 0.742. The highest BCUT2D eigenvalue weighted by Crippen LogP contribution is 2.15. The molecule has 1 atom stereocenters. The summed E-state index contributed by atoms with van der Waals surface area (Å²) in [5, 5.41) is 0. The van der Waals surface area contributed by atoms with Crippen molar-refractivity contribution in [2.45, 2.75) is 31.2 Å². The van der Waals surface area contributed by atoms with Crippen LogP contribution in [-0.2, 0) is 19.6 Å². The molecule has 1 aromatic rings. The Kier molecular flexibility index (Phi) is 6.92. The molecule has 0 saturated heterocycles. The smallest absolute Gasteiger partial charge is 0.337 e. The molecule has 8 heteroatoms. The van der Waals surface area contributed by atoms with Crippen LogP contribution in [0.2, 0.25) is 0 Å². The number of ether oxygens (including phenoxy) is 1. The second-order valence-electron chi connectivity index (χ2n) is 6.05. The van der Waals surface area contributed by atoms with E-state index in [0.717, 1.165) is 0 Å². The van der Waals surface area contributed by atoms with Crippen LogP contribution in [0.25, 0.3) is 0 Å². The second kappa shape index (κ2) is 8.25. The summed E-state index contributed by atoms with van der Waals surface area (Å²) in [6, 6.07) is 4.50. The number of esters is 1. The normalized spacial score (nSPS) is 12.8. The van der Waals surface area contributed by atoms with Crippen molar-refractivity contribution in [1.29, 1.82) is 0 Å². The monoisotopic (exact) mass is 356 g/mol. The maximum Gasteiger partial charge on any atom is 0.337 e. The molecule has 7 nitrogen and oxygen atoms in total. The van der Waals surface area contributed by atoms with Gasteiger partial charge in [-0.3, -0.25) is 4.79 Å². The van der Waals surface area contributed by atoms with Crippen LogP contribution in [0.3, 0.4) is 0 Å². The molecule has 0 spiro atoms. The first kappa shape index (κ1) is 20.1. The van der Waals surface area contributed by atoms with Crippen molar-refractivity contribution in [1.82, 2.24) is 9.62 Å². The molecule has 0 aliphatic rings. The van der Waals surface area contributed by atoms with Gasteiger partial charge in [0, 0.05) is 14.1 Å². The number of rotatable bonds is 7. The van der Waals surface area contributed by atoms with Crippen LogP contribution in [0, 0.1) is 5.92 Å². The molecule has 0 bridgehead atoms. The summed E-state index contributed by atoms with van der Waals surface area (Å²) in [6.07, 6.45) is 0.385. The standard InChI is InChI=1S/C16H24N2O5S/c1-11(2)10-14(15(19)18(3)4)17-24(21,22)13-8-6-12(7-9-13)16(20)23-5/h6-9,11,14,17H,10H2,1-5H3/t14-/m1/s1. The van der Waals surface area contributed by atoms with Gasteiger partial charge in [-0.2, -0.15) is 4.72 Å². The van der Waals surface area contributed by atoms with Gasteiger partial charge in [0.25, 0.3) is 0 Å². The fourth-order valence-corrected chi connectivity index (χ4v) is 3.33. The van der Waals surface area contributed by atoms with Crippen LogP contribution in [0.15, 0.2) is 29.2 Å². The molecule has 1 amide bonds. The summed E-state index contributed by atoms with van der Waals surface area (Å²) < 4.78 is 32.0. The zero-order valence-corrected chi connectivity index (χ0v) is 15.4. The first-order chi connectivity index (χ1) is 11.1. The Balaban J connectivity index is 3.04. The molecule has 0 saturated carbocycles. The van der Waals surface area contributed by atoms with Gasteiger partial charge in [-0.25, -0.2) is 13.2 Å². The fourth-order valence-electron chi connectivity index (χ4n) is 2.13. The van der Waals surface area contributed by atoms with Gasteiger partial charge in [-0.1, -0.05) is 13.8 Å². The molecular formula is C16H24N2O5S. The third-order valence-electron chi connectivity index (χ3n) is 3.33. The third-order valence-corrected chi connectivity index (χ3v) is 4.82. The lowest BCUT2D eigenvalue weighted by atomic mass is 10.0. The molecule has 1 aromatic carbocycles. The van der Waals surface area contributed by atoms with E-state index in [1.165, 1.54) is 36.3 Å². The number of likely N-dealkylation sites (N-methyl/N-ethyl adjacent to an activating group) is 1. The van der Waals surface area contributed by atoms with E-state index in [1.807, 2.05) is 13.8 Å². The Bertz CT molecular complexity index is 681. The highest BCUT2D eigenvalue weighted by molar-refractivity contribution is 7.89. The molecule has 0 heterocycles. The van der Waals surface area contributed by atoms with Crippen molar-refractivity contribution >= 4 is 21.9 Å². The number of carbonyl (C=O) groups excluding carboxylic acids is 2. The first-order valence-corrected chi connectivity index (χ1v) is 8.98. The molecule has 0 aliphatic carbocycles. The summed E-state index contributed by atoms with van der Waals surface area (Å²) in [6.45, 7) is 3.82. The number of nitrogens with zero attached hydrogens (tertiary/aromatic N) is 1. The number of hydrogen-bond acceptors (Lipinski definition) is 5. The molecule has 0 radical (unpaired) electrons. The average Bonchev–Trinajstić information content (AvgIpc) is 2.52. The second-order valence-corrected chi connectivity index (χ2v) is 7.77. The maximum absolute atomic E-state index is 12.5. The molecule has 0 fully saturated rings. The van der Waals surface area contributed by atoms with Gasteiger partial charge in [0.05, 0.1) is 17.6 Å². The van der Waals surface area contributed by atoms with E-state index in [-0.39, 0.29) is 22.3 Å². The Morgan fingerprint density at radius 2 is 1.71 bits per heavy atom. The van der Waals surface area contributed by atoms with Gasteiger partial charge in [0.2, 0.25) is 15.9 Å². The van der Waals surface area contributed by atoms with Crippen molar-refractivity contribution in [3.8, 4) is 0 Å². The van der Waals surface area contributed by atoms with E-state index in [1.54, 1.807) is 14.1 Å². The summed E-state index contributed by atoms with van der Waals surface area (Å²) in [7, 11) is 0.522. The lowest BCUT2D eigenvalue weighted by molar-refractivity contribution is -0.130. The summed E-state index contributed by atoms with van der Waals surface area (Å²) >= 11 is 0. The molecular weight excluding hydrogens is 332 g/mol. The number of benzene rings is 1. The molecule has 134 valence electrons. The van der Waals surface area contributed by atoms with Crippen LogP contribution >= 0.6 is 0 Å². The van der Waals surface area contributed by atoms with Crippen molar-refractivity contribution in [3.63, 3.8) is 0 Å². The SMILES string of the molecule is COC(=O)c1ccc(S(=O)(=O)N[C@H](CC(C)C)C(=O)N(C)C)cc1. The summed E-state index contributed by atoms with van der Waals surface area (Å²) in [5.74, 6) is -0.714. The molecule has 1 N–H and O–H groups in total. The molecule has 0 aromatic heterocycles. The highest BCUT2D eigenvalue weighted by Gasteiger charge is 2.27. The zero-order valence-electron chi connectivity index (χ0n) is 14.6. The first-order valence-electron chi connectivity index (χ1n) is 7.50. The van der Waals surface area contributed by atoms with Crippen LogP contribution in [0.1, 0.15) is 30.6 Å². The molecule has 0 aliphatic heterocycles. The van der Waals surface area contributed by atoms with Crippen LogP contribution in [-0.4, -0.2) is 52.4 Å². The lowest BCUT2D eigenvalue weighted by Crippen LogP contribution is -2.46. The average molecular weight is 356 g/mol. The van der Waals surface area contributed by atoms with Crippen LogP contribution < -0.4 is 4.72 Å².